The maximum atomic E-state index is 14.2. The number of carbonyl (C=O) groups is 1. The number of methoxy groups -OCH3 is 1. The Kier molecular flexibility index (Phi) is 5.76. The van der Waals surface area contributed by atoms with Crippen molar-refractivity contribution in [2.24, 2.45) is 11.8 Å². The number of nitrogens with zero attached hydrogens (tertiary/aromatic N) is 4. The lowest BCUT2D eigenvalue weighted by molar-refractivity contribution is -0.136. The molecule has 1 N–H and O–H groups in total. The number of pyridine rings is 1. The fraction of sp³-hybridized carbons (Fsp3) is 0.435. The molecule has 0 amide bonds. The summed E-state index contributed by atoms with van der Waals surface area (Å²) in [5.41, 5.74) is 0.820. The van der Waals surface area contributed by atoms with E-state index in [1.54, 1.807) is 10.7 Å². The Morgan fingerprint density at radius 3 is 2.65 bits per heavy atom. The number of hydrogen-bond acceptors (Lipinski definition) is 6. The van der Waals surface area contributed by atoms with E-state index in [1.165, 1.54) is 41.9 Å². The van der Waals surface area contributed by atoms with Crippen molar-refractivity contribution in [2.45, 2.75) is 36.8 Å². The van der Waals surface area contributed by atoms with E-state index in [0.717, 1.165) is 19.3 Å². The fourth-order valence-corrected chi connectivity index (χ4v) is 6.44. The molecule has 2 aromatic heterocycles. The first-order valence-electron chi connectivity index (χ1n) is 11.2. The first-order valence-corrected chi connectivity index (χ1v) is 12.6. The van der Waals surface area contributed by atoms with Crippen molar-refractivity contribution in [3.05, 3.63) is 48.0 Å². The summed E-state index contributed by atoms with van der Waals surface area (Å²) in [6.07, 6.45) is 4.13. The number of aromatic nitrogens is 3. The van der Waals surface area contributed by atoms with Gasteiger partial charge < -0.3 is 9.84 Å². The standard InChI is InChI=1S/C23H25FN4O5S/c1-33-16-6-8-22(25-11-16)34(31,32)27-12-18(14-3-2-4-14)21(13-27)28-20-9-15(24)5-7-17(20)19(26-28)10-23(29)30/h5-9,11,14,18,21H,2-4,10,12-13H2,1H3,(H,29,30)/t18-,21-/m0/s1. The molecule has 2 aliphatic rings. The van der Waals surface area contributed by atoms with Crippen molar-refractivity contribution >= 4 is 26.9 Å². The zero-order valence-electron chi connectivity index (χ0n) is 18.6. The summed E-state index contributed by atoms with van der Waals surface area (Å²) in [6.45, 7) is 0.452. The second kappa shape index (κ2) is 8.62. The number of aliphatic carboxylic acids is 1. The van der Waals surface area contributed by atoms with Gasteiger partial charge in [-0.3, -0.25) is 9.48 Å². The molecule has 9 nitrogen and oxygen atoms in total. The SMILES string of the molecule is COc1ccc(S(=O)(=O)N2C[C@@H](C3CCC3)[C@@H](n3nc(CC(=O)O)c4ccc(F)cc43)C2)nc1. The number of fused-ring (bicyclic) bond motifs is 1. The predicted molar refractivity (Wildman–Crippen MR) is 120 cm³/mol. The van der Waals surface area contributed by atoms with Crippen LogP contribution in [-0.2, 0) is 21.2 Å². The highest BCUT2D eigenvalue weighted by atomic mass is 32.2. The summed E-state index contributed by atoms with van der Waals surface area (Å²) in [5.74, 6) is -0.731. The van der Waals surface area contributed by atoms with Gasteiger partial charge >= 0.3 is 5.97 Å². The maximum absolute atomic E-state index is 14.2. The van der Waals surface area contributed by atoms with Gasteiger partial charge in [0.2, 0.25) is 0 Å². The molecule has 0 spiro atoms. The third-order valence-electron chi connectivity index (χ3n) is 6.98. The van der Waals surface area contributed by atoms with E-state index in [2.05, 4.69) is 10.1 Å². The number of halogens is 1. The van der Waals surface area contributed by atoms with Crippen molar-refractivity contribution < 1.29 is 27.4 Å². The summed E-state index contributed by atoms with van der Waals surface area (Å²) in [5, 5.41) is 14.4. The monoisotopic (exact) mass is 488 g/mol. The summed E-state index contributed by atoms with van der Waals surface area (Å²) >= 11 is 0. The number of sulfonamides is 1. The minimum absolute atomic E-state index is 0.0224. The molecule has 1 saturated heterocycles. The molecule has 0 unspecified atom stereocenters. The van der Waals surface area contributed by atoms with Crippen LogP contribution in [0.5, 0.6) is 5.75 Å². The third-order valence-corrected chi connectivity index (χ3v) is 8.73. The minimum Gasteiger partial charge on any atom is -0.495 e. The van der Waals surface area contributed by atoms with Crippen LogP contribution < -0.4 is 4.74 Å². The molecule has 180 valence electrons. The quantitative estimate of drug-likeness (QED) is 0.544. The highest BCUT2D eigenvalue weighted by molar-refractivity contribution is 7.89. The summed E-state index contributed by atoms with van der Waals surface area (Å²) in [7, 11) is -2.39. The Morgan fingerprint density at radius 1 is 1.24 bits per heavy atom. The van der Waals surface area contributed by atoms with Gasteiger partial charge in [-0.15, -0.1) is 0 Å². The van der Waals surface area contributed by atoms with Gasteiger partial charge in [-0.2, -0.15) is 9.40 Å². The van der Waals surface area contributed by atoms with Gasteiger partial charge in [0.25, 0.3) is 10.0 Å². The molecular formula is C23H25FN4O5S. The molecule has 1 aliphatic carbocycles. The van der Waals surface area contributed by atoms with Gasteiger partial charge in [0.05, 0.1) is 37.0 Å². The molecule has 3 aromatic rings. The van der Waals surface area contributed by atoms with Crippen molar-refractivity contribution in [3.8, 4) is 5.75 Å². The predicted octanol–water partition coefficient (Wildman–Crippen LogP) is 2.87. The molecule has 0 bridgehead atoms. The van der Waals surface area contributed by atoms with E-state index in [4.69, 9.17) is 4.74 Å². The molecule has 2 atom stereocenters. The van der Waals surface area contributed by atoms with E-state index >= 15 is 0 Å². The van der Waals surface area contributed by atoms with E-state index in [9.17, 15) is 22.7 Å². The normalized spacial score (nSPS) is 21.6. The van der Waals surface area contributed by atoms with Crippen LogP contribution >= 0.6 is 0 Å². The van der Waals surface area contributed by atoms with Gasteiger partial charge in [-0.25, -0.2) is 17.8 Å². The molecule has 3 heterocycles. The topological polar surface area (TPSA) is 115 Å². The Morgan fingerprint density at radius 2 is 2.03 bits per heavy atom. The van der Waals surface area contributed by atoms with Crippen LogP contribution in [0.2, 0.25) is 0 Å². The molecular weight excluding hydrogens is 463 g/mol. The average molecular weight is 489 g/mol. The van der Waals surface area contributed by atoms with Gasteiger partial charge in [0.1, 0.15) is 11.6 Å². The first-order chi connectivity index (χ1) is 16.3. The van der Waals surface area contributed by atoms with Crippen LogP contribution in [0.4, 0.5) is 4.39 Å². The number of carboxylic acid groups (broad SMARTS) is 1. The molecule has 1 aromatic carbocycles. The Bertz CT molecular complexity index is 1340. The van der Waals surface area contributed by atoms with E-state index in [1.807, 2.05) is 0 Å². The fourth-order valence-electron chi connectivity index (χ4n) is 5.04. The number of rotatable bonds is 7. The van der Waals surface area contributed by atoms with Crippen LogP contribution in [0, 0.1) is 17.7 Å². The molecule has 34 heavy (non-hydrogen) atoms. The zero-order valence-corrected chi connectivity index (χ0v) is 19.4. The summed E-state index contributed by atoms with van der Waals surface area (Å²) in [6, 6.07) is 6.79. The van der Waals surface area contributed by atoms with E-state index in [0.29, 0.717) is 34.8 Å². The van der Waals surface area contributed by atoms with Gasteiger partial charge in [0.15, 0.2) is 5.03 Å². The number of hydrogen-bond donors (Lipinski definition) is 1. The highest BCUT2D eigenvalue weighted by Crippen LogP contribution is 2.45. The number of ether oxygens (including phenoxy) is 1. The van der Waals surface area contributed by atoms with Crippen LogP contribution in [0.15, 0.2) is 41.6 Å². The molecule has 1 saturated carbocycles. The molecule has 11 heteroatoms. The molecule has 0 radical (unpaired) electrons. The minimum atomic E-state index is -3.87. The van der Waals surface area contributed by atoms with Gasteiger partial charge in [-0.05, 0) is 42.2 Å². The second-order valence-electron chi connectivity index (χ2n) is 8.90. The molecule has 2 fully saturated rings. The van der Waals surface area contributed by atoms with Crippen molar-refractivity contribution in [3.63, 3.8) is 0 Å². The number of benzene rings is 1. The third kappa shape index (κ3) is 3.92. The van der Waals surface area contributed by atoms with Crippen LogP contribution in [0.25, 0.3) is 10.9 Å². The van der Waals surface area contributed by atoms with E-state index < -0.39 is 21.8 Å². The largest absolute Gasteiger partial charge is 0.495 e. The maximum Gasteiger partial charge on any atom is 0.309 e. The van der Waals surface area contributed by atoms with Crippen LogP contribution in [0.3, 0.4) is 0 Å². The molecule has 5 rings (SSSR count). The molecule has 1 aliphatic heterocycles. The van der Waals surface area contributed by atoms with Crippen LogP contribution in [0.1, 0.15) is 31.0 Å². The van der Waals surface area contributed by atoms with Crippen molar-refractivity contribution in [2.75, 3.05) is 20.2 Å². The Hall–Kier alpha value is -3.05. The Labute approximate surface area is 196 Å². The summed E-state index contributed by atoms with van der Waals surface area (Å²) < 4.78 is 49.1. The Balaban J connectivity index is 1.55. The van der Waals surface area contributed by atoms with Gasteiger partial charge in [0, 0.05) is 18.5 Å². The smallest absolute Gasteiger partial charge is 0.309 e. The van der Waals surface area contributed by atoms with Crippen molar-refractivity contribution in [1.82, 2.24) is 19.1 Å². The lowest BCUT2D eigenvalue weighted by atomic mass is 9.74. The van der Waals surface area contributed by atoms with E-state index in [-0.39, 0.29) is 30.0 Å². The van der Waals surface area contributed by atoms with Crippen molar-refractivity contribution in [1.29, 1.82) is 0 Å². The summed E-state index contributed by atoms with van der Waals surface area (Å²) in [4.78, 5) is 15.5. The van der Waals surface area contributed by atoms with Crippen LogP contribution in [-0.4, -0.2) is 58.8 Å². The zero-order chi connectivity index (χ0) is 24.0. The second-order valence-corrected chi connectivity index (χ2v) is 10.8. The van der Waals surface area contributed by atoms with Gasteiger partial charge in [-0.1, -0.05) is 19.3 Å². The first kappa shape index (κ1) is 22.7. The lowest BCUT2D eigenvalue weighted by Crippen LogP contribution is -2.31. The highest BCUT2D eigenvalue weighted by Gasteiger charge is 2.46. The average Bonchev–Trinajstić information content (AvgIpc) is 3.34. The number of carboxylic acids is 1. The lowest BCUT2D eigenvalue weighted by Gasteiger charge is -2.34.